The topological polar surface area (TPSA) is 207 Å². The Morgan fingerprint density at radius 2 is 1.90 bits per heavy atom. The third-order valence-electron chi connectivity index (χ3n) is 6.07. The van der Waals surface area contributed by atoms with E-state index in [1.165, 1.54) is 22.9 Å². The molecule has 39 heavy (non-hydrogen) atoms. The molecule has 3 heterocycles. The molecule has 1 aliphatic heterocycles. The third kappa shape index (κ3) is 6.51. The first-order chi connectivity index (χ1) is 18.2. The number of hydrogen-bond acceptors (Lipinski definition) is 9. The van der Waals surface area contributed by atoms with E-state index in [0.717, 1.165) is 5.56 Å². The first-order valence-electron chi connectivity index (χ1n) is 11.4. The summed E-state index contributed by atoms with van der Waals surface area (Å²) in [5, 5.41) is 34.3. The number of nitrogens with one attached hydrogen (secondary N) is 1. The number of aliphatic hydroxyl groups is 2. The minimum absolute atomic E-state index is 0.0406. The second-order valence-electron chi connectivity index (χ2n) is 8.93. The Labute approximate surface area is 226 Å². The van der Waals surface area contributed by atoms with Gasteiger partial charge in [0.25, 0.3) is 0 Å². The van der Waals surface area contributed by atoms with Gasteiger partial charge in [-0.25, -0.2) is 9.37 Å². The minimum Gasteiger partial charge on any atom is -0.387 e. The first kappa shape index (κ1) is 29.6. The Morgan fingerprint density at radius 1 is 1.23 bits per heavy atom. The van der Waals surface area contributed by atoms with Crippen LogP contribution in [-0.4, -0.2) is 65.3 Å². The predicted octanol–water partition coefficient (Wildman–Crippen LogP) is 2.83. The zero-order valence-electron chi connectivity index (χ0n) is 20.1. The van der Waals surface area contributed by atoms with Crippen molar-refractivity contribution in [3.05, 3.63) is 58.6 Å². The fourth-order valence-corrected chi connectivity index (χ4v) is 6.99. The summed E-state index contributed by atoms with van der Waals surface area (Å²) in [6.07, 6.45) is -4.32. The lowest BCUT2D eigenvalue weighted by atomic mass is 10.1. The molecule has 0 amide bonds. The van der Waals surface area contributed by atoms with Crippen molar-refractivity contribution < 1.29 is 47.7 Å². The molecule has 1 aliphatic rings. The van der Waals surface area contributed by atoms with E-state index in [-0.39, 0.29) is 22.4 Å². The summed E-state index contributed by atoms with van der Waals surface area (Å²) in [5.74, 6) is -1.83. The van der Waals surface area contributed by atoms with Gasteiger partial charge in [-0.1, -0.05) is 23.7 Å². The van der Waals surface area contributed by atoms with E-state index >= 15 is 0 Å². The van der Waals surface area contributed by atoms with Crippen molar-refractivity contribution >= 4 is 43.5 Å². The van der Waals surface area contributed by atoms with E-state index in [2.05, 4.69) is 10.3 Å². The molecule has 6 N–H and O–H groups in total. The van der Waals surface area contributed by atoms with Crippen LogP contribution in [0.1, 0.15) is 30.3 Å². The van der Waals surface area contributed by atoms with Crippen molar-refractivity contribution in [1.29, 1.82) is 5.26 Å². The molecule has 13 nitrogen and oxygen atoms in total. The Balaban J connectivity index is 1.62. The standard InChI is InChI=1S/C22H24ClFN4O9P2/c1-11(12-2-4-13(24)5-3-12)26-17-14-6-7-28(21(14)27-20(23)15(17)8-25)22-19(30)18(29)16(37-22)9-36-39(34,35)10-38(31,32)33/h2-7,11,16,18-19,22,29-30H,9-10H2,1H3,(H,26,27)(H,34,35)(H2,31,32,33)/t11-,16+,18+,19+,22+/m0/s1. The molecule has 4 rings (SSSR count). The van der Waals surface area contributed by atoms with E-state index in [1.807, 2.05) is 6.07 Å². The number of anilines is 1. The maximum atomic E-state index is 13.4. The highest BCUT2D eigenvalue weighted by atomic mass is 35.5. The summed E-state index contributed by atoms with van der Waals surface area (Å²) in [5.41, 5.74) is 1.25. The molecule has 1 aromatic carbocycles. The minimum atomic E-state index is -4.86. The van der Waals surface area contributed by atoms with Crippen molar-refractivity contribution in [2.45, 2.75) is 37.5 Å². The van der Waals surface area contributed by atoms with Gasteiger partial charge in [-0.2, -0.15) is 5.26 Å². The van der Waals surface area contributed by atoms with Crippen LogP contribution in [0, 0.1) is 17.1 Å². The molecule has 0 aliphatic carbocycles. The van der Waals surface area contributed by atoms with Gasteiger partial charge in [-0.3, -0.25) is 9.13 Å². The number of aromatic nitrogens is 2. The van der Waals surface area contributed by atoms with Crippen molar-refractivity contribution in [1.82, 2.24) is 9.55 Å². The Kier molecular flexibility index (Phi) is 8.52. The van der Waals surface area contributed by atoms with Crippen LogP contribution in [0.2, 0.25) is 5.15 Å². The lowest BCUT2D eigenvalue weighted by Gasteiger charge is -2.20. The second kappa shape index (κ2) is 11.2. The fraction of sp³-hybridized carbons (Fsp3) is 0.364. The normalized spacial score (nSPS) is 23.9. The zero-order chi connectivity index (χ0) is 28.7. The number of nitriles is 1. The second-order valence-corrected chi connectivity index (χ2v) is 13.3. The molecule has 1 saturated heterocycles. The highest BCUT2D eigenvalue weighted by Gasteiger charge is 2.45. The van der Waals surface area contributed by atoms with Crippen LogP contribution in [0.15, 0.2) is 36.5 Å². The largest absolute Gasteiger partial charge is 0.387 e. The summed E-state index contributed by atoms with van der Waals surface area (Å²) >= 11 is 6.31. The number of aliphatic hydroxyl groups excluding tert-OH is 2. The van der Waals surface area contributed by atoms with Crippen molar-refractivity contribution in [2.24, 2.45) is 0 Å². The van der Waals surface area contributed by atoms with Crippen LogP contribution in [-0.2, 0) is 18.4 Å². The molecule has 0 bridgehead atoms. The van der Waals surface area contributed by atoms with Gasteiger partial charge in [0.2, 0.25) is 0 Å². The van der Waals surface area contributed by atoms with E-state index in [4.69, 9.17) is 30.6 Å². The highest BCUT2D eigenvalue weighted by Crippen LogP contribution is 2.55. The number of halogens is 2. The Morgan fingerprint density at radius 3 is 2.51 bits per heavy atom. The number of ether oxygens (including phenoxy) is 1. The number of fused-ring (bicyclic) bond motifs is 1. The molecule has 1 fully saturated rings. The van der Waals surface area contributed by atoms with Gasteiger partial charge in [-0.05, 0) is 30.7 Å². The molecule has 6 atom stereocenters. The van der Waals surface area contributed by atoms with Crippen LogP contribution in [0.5, 0.6) is 0 Å². The number of nitrogens with zero attached hydrogens (tertiary/aromatic N) is 3. The molecule has 0 spiro atoms. The molecular weight excluding hydrogens is 581 g/mol. The number of benzene rings is 1. The molecule has 2 aromatic heterocycles. The van der Waals surface area contributed by atoms with Gasteiger partial charge in [-0.15, -0.1) is 0 Å². The van der Waals surface area contributed by atoms with Crippen LogP contribution in [0.3, 0.4) is 0 Å². The average Bonchev–Trinajstić information content (AvgIpc) is 3.37. The molecule has 210 valence electrons. The predicted molar refractivity (Wildman–Crippen MR) is 137 cm³/mol. The third-order valence-corrected chi connectivity index (χ3v) is 9.80. The van der Waals surface area contributed by atoms with Crippen molar-refractivity contribution in [3.63, 3.8) is 0 Å². The van der Waals surface area contributed by atoms with Crippen LogP contribution < -0.4 is 5.32 Å². The maximum Gasteiger partial charge on any atom is 0.340 e. The summed E-state index contributed by atoms with van der Waals surface area (Å²) in [6.45, 7) is 1.04. The lowest BCUT2D eigenvalue weighted by molar-refractivity contribution is -0.0481. The molecule has 3 aromatic rings. The SMILES string of the molecule is C[C@H](Nc1c(C#N)c(Cl)nc2c1ccn2[C@@H]1O[C@H](COP(=O)(O)CP(=O)(O)O)[C@@H](O)[C@H]1O)c1ccc(F)cc1. The van der Waals surface area contributed by atoms with Gasteiger partial charge in [0.15, 0.2) is 17.3 Å². The Bertz CT molecular complexity index is 1510. The molecule has 0 saturated carbocycles. The van der Waals surface area contributed by atoms with Crippen LogP contribution in [0.4, 0.5) is 10.1 Å². The van der Waals surface area contributed by atoms with Gasteiger partial charge in [0.05, 0.1) is 12.3 Å². The number of rotatable bonds is 9. The lowest BCUT2D eigenvalue weighted by Crippen LogP contribution is -2.33. The summed E-state index contributed by atoms with van der Waals surface area (Å²) in [4.78, 5) is 31.8. The summed E-state index contributed by atoms with van der Waals surface area (Å²) in [6, 6.07) is 8.97. The summed E-state index contributed by atoms with van der Waals surface area (Å²) < 4.78 is 48.1. The quantitative estimate of drug-likeness (QED) is 0.154. The first-order valence-corrected chi connectivity index (χ1v) is 15.3. The van der Waals surface area contributed by atoms with E-state index in [0.29, 0.717) is 11.1 Å². The monoisotopic (exact) mass is 604 g/mol. The summed E-state index contributed by atoms with van der Waals surface area (Å²) in [7, 11) is -9.59. The maximum absolute atomic E-state index is 13.4. The van der Waals surface area contributed by atoms with Crippen molar-refractivity contribution in [3.8, 4) is 6.07 Å². The Hall–Kier alpha value is -2.40. The van der Waals surface area contributed by atoms with Gasteiger partial charge in [0, 0.05) is 17.6 Å². The number of hydrogen-bond donors (Lipinski definition) is 6. The average molecular weight is 605 g/mol. The van der Waals surface area contributed by atoms with Crippen LogP contribution >= 0.6 is 26.8 Å². The zero-order valence-corrected chi connectivity index (χ0v) is 22.7. The van der Waals surface area contributed by atoms with E-state index in [1.54, 1.807) is 25.1 Å². The molecular formula is C22H24ClFN4O9P2. The molecule has 1 unspecified atom stereocenters. The highest BCUT2D eigenvalue weighted by molar-refractivity contribution is 7.70. The smallest absolute Gasteiger partial charge is 0.340 e. The molecule has 0 radical (unpaired) electrons. The fourth-order valence-electron chi connectivity index (χ4n) is 4.21. The number of pyridine rings is 1. The van der Waals surface area contributed by atoms with Crippen molar-refractivity contribution in [2.75, 3.05) is 17.8 Å². The molecule has 17 heteroatoms. The van der Waals surface area contributed by atoms with Gasteiger partial charge < -0.3 is 44.0 Å². The van der Waals surface area contributed by atoms with Gasteiger partial charge in [0.1, 0.15) is 41.4 Å². The van der Waals surface area contributed by atoms with Crippen LogP contribution in [0.25, 0.3) is 11.0 Å². The van der Waals surface area contributed by atoms with E-state index in [9.17, 15) is 33.9 Å². The van der Waals surface area contributed by atoms with E-state index < -0.39 is 58.1 Å². The van der Waals surface area contributed by atoms with Gasteiger partial charge >= 0.3 is 15.2 Å².